The van der Waals surface area contributed by atoms with Crippen LogP contribution in [-0.2, 0) is 20.9 Å². The number of aromatic nitrogens is 1. The van der Waals surface area contributed by atoms with Gasteiger partial charge in [0, 0.05) is 6.54 Å². The molecule has 0 fully saturated rings. The number of amides is 3. The highest BCUT2D eigenvalue weighted by Gasteiger charge is 2.35. The number of anilines is 1. The molecule has 39 heavy (non-hydrogen) atoms. The Morgan fingerprint density at radius 3 is 2.33 bits per heavy atom. The van der Waals surface area contributed by atoms with Gasteiger partial charge >= 0.3 is 5.97 Å². The Labute approximate surface area is 229 Å². The van der Waals surface area contributed by atoms with Gasteiger partial charge < -0.3 is 35.9 Å². The van der Waals surface area contributed by atoms with Crippen LogP contribution >= 0.6 is 11.5 Å². The molecule has 0 spiro atoms. The molecule has 12 nitrogen and oxygen atoms in total. The van der Waals surface area contributed by atoms with Crippen molar-refractivity contribution in [1.29, 1.82) is 0 Å². The highest BCUT2D eigenvalue weighted by atomic mass is 32.1. The monoisotopic (exact) mass is 555 g/mol. The molecule has 0 aliphatic heterocycles. The number of carbonyl (C=O) groups excluding carboxylic acids is 4. The molecule has 13 heteroatoms. The first-order chi connectivity index (χ1) is 18.7. The summed E-state index contributed by atoms with van der Waals surface area (Å²) in [5.74, 6) is -2.15. The maximum absolute atomic E-state index is 14.0. The van der Waals surface area contributed by atoms with Gasteiger partial charge in [-0.05, 0) is 41.7 Å². The van der Waals surface area contributed by atoms with E-state index in [0.29, 0.717) is 34.2 Å². The van der Waals surface area contributed by atoms with Crippen molar-refractivity contribution >= 4 is 40.9 Å². The number of nitrogens with one attached hydrogen (secondary N) is 1. The smallest absolute Gasteiger partial charge is 0.325 e. The molecule has 1 heterocycles. The number of hydrogen-bond donors (Lipinski definition) is 3. The average molecular weight is 556 g/mol. The molecule has 3 rings (SSSR count). The second-order valence-electron chi connectivity index (χ2n) is 8.10. The fraction of sp³-hybridized carbons (Fsp3) is 0.269. The molecule has 0 saturated carbocycles. The summed E-state index contributed by atoms with van der Waals surface area (Å²) >= 11 is 0.697. The van der Waals surface area contributed by atoms with Gasteiger partial charge in [-0.25, -0.2) is 0 Å². The lowest BCUT2D eigenvalue weighted by atomic mass is 10.0. The number of nitrogens with zero attached hydrogens (tertiary/aromatic N) is 2. The quantitative estimate of drug-likeness (QED) is 0.282. The van der Waals surface area contributed by atoms with Crippen molar-refractivity contribution in [2.45, 2.75) is 19.5 Å². The van der Waals surface area contributed by atoms with Crippen LogP contribution in [0.3, 0.4) is 0 Å². The number of hydrogen-bond acceptors (Lipinski definition) is 10. The zero-order valence-corrected chi connectivity index (χ0v) is 22.4. The summed E-state index contributed by atoms with van der Waals surface area (Å²) in [6.07, 6.45) is 0. The average Bonchev–Trinajstić information content (AvgIpc) is 3.33. The van der Waals surface area contributed by atoms with Gasteiger partial charge in [0.05, 0.1) is 26.5 Å². The van der Waals surface area contributed by atoms with Gasteiger partial charge in [0.2, 0.25) is 5.91 Å². The third-order valence-electron chi connectivity index (χ3n) is 5.61. The molecular weight excluding hydrogens is 526 g/mol. The predicted molar refractivity (Wildman–Crippen MR) is 143 cm³/mol. The molecule has 206 valence electrons. The standard InChI is InChI=1S/C26H29N5O7S/c1-4-38-19(32)13-29-25(34)22(16-10-11-17(36-2)18(12-16)37-3)31(14-15-8-6-5-7-9-15)26(35)23-20(27)21(24(28)33)30-39-23/h5-12,22H,4,13-14,27H2,1-3H3,(H2,28,33)(H,29,34)/t22-/m0/s1. The summed E-state index contributed by atoms with van der Waals surface area (Å²) < 4.78 is 19.6. The number of nitrogen functional groups attached to an aromatic ring is 1. The summed E-state index contributed by atoms with van der Waals surface area (Å²) in [5.41, 5.74) is 12.0. The van der Waals surface area contributed by atoms with Crippen molar-refractivity contribution in [3.63, 3.8) is 0 Å². The SMILES string of the molecule is CCOC(=O)CNC(=O)[C@H](c1ccc(OC)c(OC)c1)N(Cc1ccccc1)C(=O)c1snc(C(N)=O)c1N. The number of rotatable bonds is 12. The molecule has 0 aliphatic rings. The molecule has 3 amide bonds. The van der Waals surface area contributed by atoms with Crippen molar-refractivity contribution in [2.75, 3.05) is 33.1 Å². The van der Waals surface area contributed by atoms with E-state index in [1.54, 1.807) is 49.4 Å². The number of carbonyl (C=O) groups is 4. The number of esters is 1. The first-order valence-corrected chi connectivity index (χ1v) is 12.5. The lowest BCUT2D eigenvalue weighted by Crippen LogP contribution is -2.44. The molecule has 0 unspecified atom stereocenters. The molecule has 0 aliphatic carbocycles. The van der Waals surface area contributed by atoms with Gasteiger partial charge in [-0.2, -0.15) is 4.37 Å². The van der Waals surface area contributed by atoms with Crippen LogP contribution in [-0.4, -0.2) is 60.3 Å². The van der Waals surface area contributed by atoms with Crippen LogP contribution in [0.25, 0.3) is 0 Å². The summed E-state index contributed by atoms with van der Waals surface area (Å²) in [6.45, 7) is 1.33. The molecule has 3 aromatic rings. The minimum Gasteiger partial charge on any atom is -0.493 e. The Balaban J connectivity index is 2.15. The van der Waals surface area contributed by atoms with Gasteiger partial charge in [0.25, 0.3) is 11.8 Å². The minimum absolute atomic E-state index is 0.0330. The van der Waals surface area contributed by atoms with Crippen LogP contribution in [0.15, 0.2) is 48.5 Å². The van der Waals surface area contributed by atoms with E-state index in [1.165, 1.54) is 19.1 Å². The van der Waals surface area contributed by atoms with Crippen LogP contribution < -0.4 is 26.3 Å². The zero-order valence-electron chi connectivity index (χ0n) is 21.6. The van der Waals surface area contributed by atoms with E-state index in [-0.39, 0.29) is 29.4 Å². The first kappa shape index (κ1) is 28.9. The van der Waals surface area contributed by atoms with Crippen LogP contribution in [0.5, 0.6) is 11.5 Å². The summed E-state index contributed by atoms with van der Waals surface area (Å²) in [7, 11) is 2.91. The van der Waals surface area contributed by atoms with E-state index < -0.39 is 36.3 Å². The number of ether oxygens (including phenoxy) is 3. The molecule has 0 saturated heterocycles. The lowest BCUT2D eigenvalue weighted by Gasteiger charge is -2.31. The van der Waals surface area contributed by atoms with Crippen molar-refractivity contribution in [2.24, 2.45) is 5.73 Å². The van der Waals surface area contributed by atoms with Gasteiger partial charge in [-0.1, -0.05) is 36.4 Å². The number of nitrogens with two attached hydrogens (primary N) is 2. The predicted octanol–water partition coefficient (Wildman–Crippen LogP) is 1.90. The molecule has 1 aromatic heterocycles. The summed E-state index contributed by atoms with van der Waals surface area (Å²) in [6, 6.07) is 12.4. The number of primary amides is 1. The van der Waals surface area contributed by atoms with Crippen molar-refractivity contribution < 1.29 is 33.4 Å². The van der Waals surface area contributed by atoms with E-state index in [2.05, 4.69) is 9.69 Å². The Morgan fingerprint density at radius 2 is 1.74 bits per heavy atom. The lowest BCUT2D eigenvalue weighted by molar-refractivity contribution is -0.143. The highest BCUT2D eigenvalue weighted by molar-refractivity contribution is 7.09. The molecule has 0 bridgehead atoms. The van der Waals surface area contributed by atoms with E-state index in [0.717, 1.165) is 0 Å². The second-order valence-corrected chi connectivity index (χ2v) is 8.87. The molecule has 5 N–H and O–H groups in total. The largest absolute Gasteiger partial charge is 0.493 e. The van der Waals surface area contributed by atoms with Gasteiger partial charge in [-0.15, -0.1) is 0 Å². The Morgan fingerprint density at radius 1 is 1.05 bits per heavy atom. The molecule has 1 atom stereocenters. The zero-order chi connectivity index (χ0) is 28.5. The van der Waals surface area contributed by atoms with Crippen LogP contribution in [0.2, 0.25) is 0 Å². The maximum Gasteiger partial charge on any atom is 0.325 e. The van der Waals surface area contributed by atoms with Crippen molar-refractivity contribution in [3.05, 3.63) is 70.2 Å². The number of benzene rings is 2. The van der Waals surface area contributed by atoms with Crippen LogP contribution in [0, 0.1) is 0 Å². The van der Waals surface area contributed by atoms with Crippen LogP contribution in [0.1, 0.15) is 44.3 Å². The van der Waals surface area contributed by atoms with E-state index in [9.17, 15) is 19.2 Å². The summed E-state index contributed by atoms with van der Waals surface area (Å²) in [4.78, 5) is 52.6. The van der Waals surface area contributed by atoms with Crippen molar-refractivity contribution in [3.8, 4) is 11.5 Å². The Hall–Kier alpha value is -4.65. The highest BCUT2D eigenvalue weighted by Crippen LogP contribution is 2.35. The Bertz CT molecular complexity index is 1350. The minimum atomic E-state index is -1.27. The third kappa shape index (κ3) is 6.82. The van der Waals surface area contributed by atoms with Crippen LogP contribution in [0.4, 0.5) is 5.69 Å². The second kappa shape index (κ2) is 13.2. The van der Waals surface area contributed by atoms with Gasteiger partial charge in [-0.3, -0.25) is 19.2 Å². The molecular formula is C26H29N5O7S. The third-order valence-corrected chi connectivity index (χ3v) is 6.46. The topological polar surface area (TPSA) is 176 Å². The summed E-state index contributed by atoms with van der Waals surface area (Å²) in [5, 5.41) is 2.55. The first-order valence-electron chi connectivity index (χ1n) is 11.8. The number of methoxy groups -OCH3 is 2. The fourth-order valence-corrected chi connectivity index (χ4v) is 4.55. The normalized spacial score (nSPS) is 11.3. The maximum atomic E-state index is 14.0. The van der Waals surface area contributed by atoms with E-state index in [4.69, 9.17) is 25.7 Å². The fourth-order valence-electron chi connectivity index (χ4n) is 3.78. The van der Waals surface area contributed by atoms with E-state index in [1.807, 2.05) is 6.07 Å². The Kier molecular flexibility index (Phi) is 9.81. The molecule has 2 aromatic carbocycles. The molecule has 0 radical (unpaired) electrons. The van der Waals surface area contributed by atoms with Crippen molar-refractivity contribution in [1.82, 2.24) is 14.6 Å². The van der Waals surface area contributed by atoms with E-state index >= 15 is 0 Å². The van der Waals surface area contributed by atoms with Gasteiger partial charge in [0.15, 0.2) is 17.2 Å². The van der Waals surface area contributed by atoms with Gasteiger partial charge in [0.1, 0.15) is 17.5 Å².